The van der Waals surface area contributed by atoms with Crippen LogP contribution in [-0.4, -0.2) is 5.91 Å². The van der Waals surface area contributed by atoms with Gasteiger partial charge in [-0.2, -0.15) is 13.2 Å². The van der Waals surface area contributed by atoms with Crippen molar-refractivity contribution in [3.63, 3.8) is 0 Å². The number of carbonyl (C=O) groups excluding carboxylic acids is 1. The second-order valence-corrected chi connectivity index (χ2v) is 5.20. The molecule has 0 radical (unpaired) electrons. The van der Waals surface area contributed by atoms with Crippen molar-refractivity contribution in [3.8, 4) is 0 Å². The van der Waals surface area contributed by atoms with Crippen LogP contribution in [-0.2, 0) is 11.0 Å². The average Bonchev–Trinajstić information content (AvgIpc) is 2.39. The Bertz CT molecular complexity index is 578. The van der Waals surface area contributed by atoms with Gasteiger partial charge in [-0.15, -0.1) is 0 Å². The maximum atomic E-state index is 13.6. The number of alkyl halides is 3. The van der Waals surface area contributed by atoms with Gasteiger partial charge in [-0.3, -0.25) is 4.79 Å². The SMILES string of the molecule is CCC(C)(C)C(=O)Nc1c(F)c(F)c(C(F)(F)F)c(F)c1F. The maximum Gasteiger partial charge on any atom is 0.422 e. The highest BCUT2D eigenvalue weighted by atomic mass is 19.4. The fraction of sp³-hybridized carbons (Fsp3) is 0.462. The van der Waals surface area contributed by atoms with Gasteiger partial charge in [0, 0.05) is 5.41 Å². The zero-order chi connectivity index (χ0) is 17.5. The molecule has 0 atom stereocenters. The number of nitrogens with one attached hydrogen (secondary N) is 1. The van der Waals surface area contributed by atoms with E-state index in [1.54, 1.807) is 12.2 Å². The molecule has 0 unspecified atom stereocenters. The van der Waals surface area contributed by atoms with Crippen LogP contribution in [0, 0.1) is 28.7 Å². The molecule has 0 fully saturated rings. The van der Waals surface area contributed by atoms with Crippen LogP contribution in [0.15, 0.2) is 0 Å². The van der Waals surface area contributed by atoms with Crippen molar-refractivity contribution in [1.29, 1.82) is 0 Å². The molecule has 1 aromatic rings. The van der Waals surface area contributed by atoms with Gasteiger partial charge >= 0.3 is 6.18 Å². The van der Waals surface area contributed by atoms with Gasteiger partial charge in [0.05, 0.1) is 0 Å². The smallest absolute Gasteiger partial charge is 0.321 e. The summed E-state index contributed by atoms with van der Waals surface area (Å²) in [6, 6.07) is 0. The highest BCUT2D eigenvalue weighted by molar-refractivity contribution is 5.95. The molecule has 2 nitrogen and oxygen atoms in total. The van der Waals surface area contributed by atoms with Gasteiger partial charge in [-0.1, -0.05) is 20.8 Å². The molecule has 0 bridgehead atoms. The molecule has 1 amide bonds. The number of carbonyl (C=O) groups is 1. The molecule has 0 aliphatic heterocycles. The Kier molecular flexibility index (Phi) is 4.79. The number of amides is 1. The lowest BCUT2D eigenvalue weighted by atomic mass is 9.89. The molecule has 0 heterocycles. The van der Waals surface area contributed by atoms with Gasteiger partial charge in [-0.05, 0) is 6.42 Å². The standard InChI is InChI=1S/C13H12F7NO/c1-4-12(2,3)11(22)21-10-8(16)6(14)5(13(18,19)20)7(15)9(10)17/h4H2,1-3H3,(H,21,22). The Morgan fingerprint density at radius 1 is 0.955 bits per heavy atom. The summed E-state index contributed by atoms with van der Waals surface area (Å²) in [7, 11) is 0. The molecule has 9 heteroatoms. The third-order valence-electron chi connectivity index (χ3n) is 3.28. The number of hydrogen-bond donors (Lipinski definition) is 1. The fourth-order valence-electron chi connectivity index (χ4n) is 1.43. The quantitative estimate of drug-likeness (QED) is 0.635. The zero-order valence-corrected chi connectivity index (χ0v) is 11.8. The summed E-state index contributed by atoms with van der Waals surface area (Å²) in [6.45, 7) is 4.34. The lowest BCUT2D eigenvalue weighted by molar-refractivity contribution is -0.143. The summed E-state index contributed by atoms with van der Waals surface area (Å²) >= 11 is 0. The van der Waals surface area contributed by atoms with E-state index in [-0.39, 0.29) is 6.42 Å². The molecule has 1 aromatic carbocycles. The van der Waals surface area contributed by atoms with E-state index in [1.807, 2.05) is 0 Å². The molecular formula is C13H12F7NO. The minimum Gasteiger partial charge on any atom is -0.321 e. The van der Waals surface area contributed by atoms with E-state index in [0.717, 1.165) is 0 Å². The second-order valence-electron chi connectivity index (χ2n) is 5.20. The first kappa shape index (κ1) is 18.2. The number of benzene rings is 1. The predicted molar refractivity (Wildman–Crippen MR) is 64.0 cm³/mol. The first-order valence-electron chi connectivity index (χ1n) is 6.09. The molecule has 1 N–H and O–H groups in total. The van der Waals surface area contributed by atoms with E-state index in [9.17, 15) is 35.5 Å². The minimum atomic E-state index is -5.62. The van der Waals surface area contributed by atoms with Gasteiger partial charge in [0.25, 0.3) is 0 Å². The lowest BCUT2D eigenvalue weighted by Crippen LogP contribution is -2.31. The first-order chi connectivity index (χ1) is 9.84. The molecular weight excluding hydrogens is 319 g/mol. The average molecular weight is 331 g/mol. The van der Waals surface area contributed by atoms with Crippen LogP contribution in [0.4, 0.5) is 36.4 Å². The second kappa shape index (κ2) is 5.77. The summed E-state index contributed by atoms with van der Waals surface area (Å²) in [6.07, 6.45) is -5.41. The minimum absolute atomic E-state index is 0.216. The monoisotopic (exact) mass is 331 g/mol. The molecule has 0 saturated carbocycles. The van der Waals surface area contributed by atoms with Crippen molar-refractivity contribution in [1.82, 2.24) is 0 Å². The van der Waals surface area contributed by atoms with Gasteiger partial charge < -0.3 is 5.32 Å². The molecule has 22 heavy (non-hydrogen) atoms. The van der Waals surface area contributed by atoms with E-state index < -0.39 is 52.0 Å². The first-order valence-corrected chi connectivity index (χ1v) is 6.09. The number of anilines is 1. The topological polar surface area (TPSA) is 29.1 Å². The van der Waals surface area contributed by atoms with Gasteiger partial charge in [0.15, 0.2) is 23.3 Å². The largest absolute Gasteiger partial charge is 0.422 e. The molecule has 0 saturated heterocycles. The maximum absolute atomic E-state index is 13.6. The van der Waals surface area contributed by atoms with Crippen LogP contribution in [0.3, 0.4) is 0 Å². The molecule has 124 valence electrons. The summed E-state index contributed by atoms with van der Waals surface area (Å²) in [5.41, 5.74) is -5.42. The molecule has 0 aliphatic rings. The molecule has 0 aliphatic carbocycles. The van der Waals surface area contributed by atoms with Crippen LogP contribution in [0.25, 0.3) is 0 Å². The summed E-state index contributed by atoms with van der Waals surface area (Å²) in [4.78, 5) is 11.8. The van der Waals surface area contributed by atoms with E-state index in [0.29, 0.717) is 0 Å². The Morgan fingerprint density at radius 2 is 1.36 bits per heavy atom. The molecule has 1 rings (SSSR count). The van der Waals surface area contributed by atoms with Crippen LogP contribution < -0.4 is 5.32 Å². The lowest BCUT2D eigenvalue weighted by Gasteiger charge is -2.22. The van der Waals surface area contributed by atoms with Crippen molar-refractivity contribution in [3.05, 3.63) is 28.8 Å². The van der Waals surface area contributed by atoms with Crippen molar-refractivity contribution in [2.75, 3.05) is 5.32 Å². The molecule has 0 aromatic heterocycles. The normalized spacial score (nSPS) is 12.5. The number of hydrogen-bond acceptors (Lipinski definition) is 1. The van der Waals surface area contributed by atoms with Crippen LogP contribution in [0.2, 0.25) is 0 Å². The van der Waals surface area contributed by atoms with Crippen molar-refractivity contribution in [2.24, 2.45) is 5.41 Å². The van der Waals surface area contributed by atoms with Gasteiger partial charge in [0.2, 0.25) is 5.91 Å². The molecule has 0 spiro atoms. The summed E-state index contributed by atoms with van der Waals surface area (Å²) < 4.78 is 91.1. The van der Waals surface area contributed by atoms with E-state index in [1.165, 1.54) is 13.8 Å². The van der Waals surface area contributed by atoms with Crippen LogP contribution >= 0.6 is 0 Å². The Balaban J connectivity index is 3.45. The number of halogens is 7. The van der Waals surface area contributed by atoms with Gasteiger partial charge in [-0.25, -0.2) is 17.6 Å². The third kappa shape index (κ3) is 3.17. The highest BCUT2D eigenvalue weighted by Gasteiger charge is 2.43. The van der Waals surface area contributed by atoms with Crippen LogP contribution in [0.1, 0.15) is 32.8 Å². The highest BCUT2D eigenvalue weighted by Crippen LogP contribution is 2.38. The Labute approximate surface area is 121 Å². The number of rotatable bonds is 3. The van der Waals surface area contributed by atoms with E-state index >= 15 is 0 Å². The van der Waals surface area contributed by atoms with Crippen molar-refractivity contribution in [2.45, 2.75) is 33.4 Å². The van der Waals surface area contributed by atoms with Crippen molar-refractivity contribution < 1.29 is 35.5 Å². The van der Waals surface area contributed by atoms with E-state index in [4.69, 9.17) is 0 Å². The third-order valence-corrected chi connectivity index (χ3v) is 3.28. The van der Waals surface area contributed by atoms with Crippen LogP contribution in [0.5, 0.6) is 0 Å². The Hall–Kier alpha value is -1.80. The predicted octanol–water partition coefficient (Wildman–Crippen LogP) is 4.64. The fourth-order valence-corrected chi connectivity index (χ4v) is 1.43. The zero-order valence-electron chi connectivity index (χ0n) is 11.8. The summed E-state index contributed by atoms with van der Waals surface area (Å²) in [5.74, 6) is -10.9. The van der Waals surface area contributed by atoms with Crippen molar-refractivity contribution >= 4 is 11.6 Å². The summed E-state index contributed by atoms with van der Waals surface area (Å²) in [5, 5.41) is 1.59. The Morgan fingerprint density at radius 3 is 1.68 bits per heavy atom. The van der Waals surface area contributed by atoms with E-state index in [2.05, 4.69) is 0 Å². The van der Waals surface area contributed by atoms with Gasteiger partial charge in [0.1, 0.15) is 11.3 Å².